The predicted molar refractivity (Wildman–Crippen MR) is 98.8 cm³/mol. The lowest BCUT2D eigenvalue weighted by molar-refractivity contribution is 0.472. The zero-order valence-corrected chi connectivity index (χ0v) is 15.0. The van der Waals surface area contributed by atoms with Gasteiger partial charge in [0.1, 0.15) is 5.75 Å². The Hall–Kier alpha value is -1.53. The van der Waals surface area contributed by atoms with Crippen LogP contribution in [0.15, 0.2) is 60.7 Å². The van der Waals surface area contributed by atoms with Gasteiger partial charge in [0.05, 0.1) is 0 Å². The molecule has 0 fully saturated rings. The van der Waals surface area contributed by atoms with Crippen LogP contribution in [0.2, 0.25) is 0 Å². The molecule has 124 valence electrons. The summed E-state index contributed by atoms with van der Waals surface area (Å²) in [5, 5.41) is 0. The van der Waals surface area contributed by atoms with E-state index in [9.17, 15) is 4.57 Å². The van der Waals surface area contributed by atoms with Crippen molar-refractivity contribution >= 4 is 7.37 Å². The lowest BCUT2D eigenvalue weighted by atomic mass is 9.95. The molecule has 2 atom stereocenters. The van der Waals surface area contributed by atoms with Crippen LogP contribution < -0.4 is 4.52 Å². The van der Waals surface area contributed by atoms with Gasteiger partial charge in [-0.05, 0) is 30.0 Å². The number of unbranched alkanes of at least 4 members (excludes halogenated alkanes) is 1. The van der Waals surface area contributed by atoms with Crippen LogP contribution in [-0.2, 0) is 4.57 Å². The Morgan fingerprint density at radius 2 is 1.57 bits per heavy atom. The minimum Gasteiger partial charge on any atom is -0.443 e. The highest BCUT2D eigenvalue weighted by Gasteiger charge is 2.27. The average molecular weight is 330 g/mol. The highest BCUT2D eigenvalue weighted by atomic mass is 31.2. The molecule has 3 heteroatoms. The third-order valence-corrected chi connectivity index (χ3v) is 6.68. The van der Waals surface area contributed by atoms with E-state index in [0.717, 1.165) is 19.3 Å². The lowest BCUT2D eigenvalue weighted by Crippen LogP contribution is -2.10. The Morgan fingerprint density at radius 1 is 0.957 bits per heavy atom. The van der Waals surface area contributed by atoms with Crippen LogP contribution in [0.1, 0.15) is 44.6 Å². The van der Waals surface area contributed by atoms with Crippen LogP contribution in [-0.4, -0.2) is 12.3 Å². The first-order valence-corrected chi connectivity index (χ1v) is 10.5. The van der Waals surface area contributed by atoms with Crippen molar-refractivity contribution in [1.29, 1.82) is 0 Å². The van der Waals surface area contributed by atoms with Crippen molar-refractivity contribution in [3.05, 3.63) is 66.2 Å². The summed E-state index contributed by atoms with van der Waals surface area (Å²) in [6.07, 6.45) is 4.54. The van der Waals surface area contributed by atoms with E-state index in [-0.39, 0.29) is 0 Å². The topological polar surface area (TPSA) is 26.3 Å². The monoisotopic (exact) mass is 330 g/mol. The second-order valence-electron chi connectivity index (χ2n) is 5.97. The molecule has 0 N–H and O–H groups in total. The molecular weight excluding hydrogens is 303 g/mol. The fraction of sp³-hybridized carbons (Fsp3) is 0.400. The summed E-state index contributed by atoms with van der Waals surface area (Å²) in [6.45, 7) is 4.16. The van der Waals surface area contributed by atoms with Crippen LogP contribution in [0.3, 0.4) is 0 Å². The molecule has 0 amide bonds. The van der Waals surface area contributed by atoms with Gasteiger partial charge in [-0.2, -0.15) is 0 Å². The van der Waals surface area contributed by atoms with Gasteiger partial charge >= 0.3 is 0 Å². The summed E-state index contributed by atoms with van der Waals surface area (Å²) in [7, 11) is -2.68. The second kappa shape index (κ2) is 8.93. The Kier molecular flexibility index (Phi) is 6.92. The van der Waals surface area contributed by atoms with Crippen molar-refractivity contribution in [2.45, 2.75) is 39.0 Å². The van der Waals surface area contributed by atoms with Crippen molar-refractivity contribution in [3.8, 4) is 5.75 Å². The summed E-state index contributed by atoms with van der Waals surface area (Å²) in [5.41, 5.74) is 1.27. The van der Waals surface area contributed by atoms with E-state index in [2.05, 4.69) is 31.2 Å². The molecule has 2 rings (SSSR count). The molecule has 0 heterocycles. The van der Waals surface area contributed by atoms with Crippen LogP contribution in [0.25, 0.3) is 0 Å². The standard InChI is InChI=1S/C20H27O2P/c1-3-5-12-19(18-13-8-6-9-14-18)17-23(21,4-2)22-20-15-10-7-11-16-20/h6-11,13-16,19H,3-5,12,17H2,1-2H3. The Bertz CT molecular complexity index is 610. The first kappa shape index (κ1) is 17.8. The summed E-state index contributed by atoms with van der Waals surface area (Å²) in [6, 6.07) is 20.0. The van der Waals surface area contributed by atoms with E-state index in [1.54, 1.807) is 0 Å². The zero-order valence-electron chi connectivity index (χ0n) is 14.2. The van der Waals surface area contributed by atoms with E-state index in [1.807, 2.05) is 43.3 Å². The largest absolute Gasteiger partial charge is 0.443 e. The Balaban J connectivity index is 2.16. The third-order valence-electron chi connectivity index (χ3n) is 4.17. The van der Waals surface area contributed by atoms with Crippen molar-refractivity contribution in [3.63, 3.8) is 0 Å². The maximum atomic E-state index is 13.3. The number of hydrogen-bond donors (Lipinski definition) is 0. The molecule has 0 aliphatic rings. The van der Waals surface area contributed by atoms with Gasteiger partial charge in [-0.25, -0.2) is 0 Å². The van der Waals surface area contributed by atoms with Crippen molar-refractivity contribution in [2.75, 3.05) is 12.3 Å². The first-order chi connectivity index (χ1) is 11.2. The van der Waals surface area contributed by atoms with E-state index < -0.39 is 7.37 Å². The Morgan fingerprint density at radius 3 is 2.13 bits per heavy atom. The number of para-hydroxylation sites is 1. The maximum Gasteiger partial charge on any atom is 0.248 e. The number of benzene rings is 2. The summed E-state index contributed by atoms with van der Waals surface area (Å²) in [5.74, 6) is 1.01. The molecule has 0 aliphatic carbocycles. The molecule has 2 aromatic rings. The molecule has 0 saturated carbocycles. The molecular formula is C20H27O2P. The van der Waals surface area contributed by atoms with E-state index in [0.29, 0.717) is 24.0 Å². The van der Waals surface area contributed by atoms with Gasteiger partial charge in [0.25, 0.3) is 0 Å². The molecule has 0 aliphatic heterocycles. The molecule has 0 radical (unpaired) electrons. The van der Waals surface area contributed by atoms with Gasteiger partial charge in [0.2, 0.25) is 7.37 Å². The summed E-state index contributed by atoms with van der Waals surface area (Å²) >= 11 is 0. The SMILES string of the molecule is CCCCC(CP(=O)(CC)Oc1ccccc1)c1ccccc1. The van der Waals surface area contributed by atoms with Crippen molar-refractivity contribution < 1.29 is 9.09 Å². The second-order valence-corrected chi connectivity index (χ2v) is 8.78. The molecule has 2 nitrogen and oxygen atoms in total. The molecule has 2 aromatic carbocycles. The van der Waals surface area contributed by atoms with Crippen LogP contribution in [0, 0.1) is 0 Å². The fourth-order valence-electron chi connectivity index (χ4n) is 2.78. The zero-order chi connectivity index (χ0) is 16.5. The molecule has 0 spiro atoms. The summed E-state index contributed by atoms with van der Waals surface area (Å²) in [4.78, 5) is 0. The van der Waals surface area contributed by atoms with Gasteiger partial charge in [-0.15, -0.1) is 0 Å². The van der Waals surface area contributed by atoms with Crippen LogP contribution in [0.4, 0.5) is 0 Å². The van der Waals surface area contributed by atoms with Gasteiger partial charge in [-0.3, -0.25) is 4.57 Å². The van der Waals surface area contributed by atoms with E-state index in [1.165, 1.54) is 5.56 Å². The van der Waals surface area contributed by atoms with Gasteiger partial charge < -0.3 is 4.52 Å². The average Bonchev–Trinajstić information content (AvgIpc) is 2.60. The van der Waals surface area contributed by atoms with E-state index in [4.69, 9.17) is 4.52 Å². The normalized spacial score (nSPS) is 14.9. The van der Waals surface area contributed by atoms with Crippen LogP contribution in [0.5, 0.6) is 5.75 Å². The molecule has 0 bridgehead atoms. The van der Waals surface area contributed by atoms with Gasteiger partial charge in [0, 0.05) is 12.3 Å². The molecule has 2 unspecified atom stereocenters. The minimum absolute atomic E-state index is 0.297. The smallest absolute Gasteiger partial charge is 0.248 e. The number of rotatable bonds is 9. The predicted octanol–water partition coefficient (Wildman–Crippen LogP) is 6.34. The van der Waals surface area contributed by atoms with Crippen molar-refractivity contribution in [1.82, 2.24) is 0 Å². The van der Waals surface area contributed by atoms with E-state index >= 15 is 0 Å². The van der Waals surface area contributed by atoms with Crippen molar-refractivity contribution in [2.24, 2.45) is 0 Å². The lowest BCUT2D eigenvalue weighted by Gasteiger charge is -2.24. The quantitative estimate of drug-likeness (QED) is 0.502. The van der Waals surface area contributed by atoms with Gasteiger partial charge in [-0.1, -0.05) is 75.2 Å². The molecule has 0 aromatic heterocycles. The highest BCUT2D eigenvalue weighted by Crippen LogP contribution is 2.50. The molecule has 23 heavy (non-hydrogen) atoms. The third kappa shape index (κ3) is 5.55. The molecule has 0 saturated heterocycles. The minimum atomic E-state index is -2.68. The van der Waals surface area contributed by atoms with Crippen LogP contribution >= 0.6 is 7.37 Å². The Labute approximate surface area is 140 Å². The summed E-state index contributed by atoms with van der Waals surface area (Å²) < 4.78 is 19.2. The number of hydrogen-bond acceptors (Lipinski definition) is 2. The van der Waals surface area contributed by atoms with Gasteiger partial charge in [0.15, 0.2) is 0 Å². The highest BCUT2D eigenvalue weighted by molar-refractivity contribution is 7.59. The maximum absolute atomic E-state index is 13.3. The fourth-order valence-corrected chi connectivity index (χ4v) is 4.81. The first-order valence-electron chi connectivity index (χ1n) is 8.54.